The first-order chi connectivity index (χ1) is 21.7. The van der Waals surface area contributed by atoms with E-state index in [2.05, 4.69) is 21.2 Å². The first-order valence-corrected chi connectivity index (χ1v) is 14.1. The fourth-order valence-corrected chi connectivity index (χ4v) is 4.64. The molecule has 1 atom stereocenters. The number of esters is 1. The number of allylic oxidation sites excluding steroid dienone is 1. The predicted molar refractivity (Wildman–Crippen MR) is 169 cm³/mol. The van der Waals surface area contributed by atoms with Crippen LogP contribution in [0.5, 0.6) is 17.2 Å². The lowest BCUT2D eigenvalue weighted by Gasteiger charge is -2.30. The SMILES string of the molecule is CCOC(=O)C1=C(C)NC(=S)N[C@H]1c1ccccc1OCC(=O)NN=Cc1ccc(OCc2ccc([N+](=O)[O-])cc2)c(OC)c1. The second-order valence-electron chi connectivity index (χ2n) is 9.53. The fourth-order valence-electron chi connectivity index (χ4n) is 4.37. The number of hydrazone groups is 1. The molecular weight excluding hydrogens is 602 g/mol. The van der Waals surface area contributed by atoms with Crippen molar-refractivity contribution in [1.29, 1.82) is 0 Å². The Kier molecular flexibility index (Phi) is 11.0. The quantitative estimate of drug-likeness (QED) is 0.0818. The summed E-state index contributed by atoms with van der Waals surface area (Å²) in [7, 11) is 1.49. The second-order valence-corrected chi connectivity index (χ2v) is 9.94. The summed E-state index contributed by atoms with van der Waals surface area (Å²) in [5, 5.41) is 21.2. The Morgan fingerprint density at radius 3 is 2.53 bits per heavy atom. The molecule has 45 heavy (non-hydrogen) atoms. The molecule has 0 unspecified atom stereocenters. The zero-order chi connectivity index (χ0) is 32.3. The number of nitrogens with zero attached hydrogens (tertiary/aromatic N) is 2. The monoisotopic (exact) mass is 633 g/mol. The molecule has 0 aromatic heterocycles. The third-order valence-corrected chi connectivity index (χ3v) is 6.71. The Bertz CT molecular complexity index is 1640. The van der Waals surface area contributed by atoms with Crippen LogP contribution in [0.25, 0.3) is 0 Å². The third-order valence-electron chi connectivity index (χ3n) is 6.49. The number of methoxy groups -OCH3 is 1. The molecular formula is C31H31N5O8S. The molecule has 0 saturated carbocycles. The number of thiocarbonyl (C=S) groups is 1. The van der Waals surface area contributed by atoms with E-state index in [4.69, 9.17) is 31.2 Å². The molecule has 0 fully saturated rings. The maximum atomic E-state index is 12.7. The van der Waals surface area contributed by atoms with Gasteiger partial charge in [-0.25, -0.2) is 10.2 Å². The van der Waals surface area contributed by atoms with Gasteiger partial charge in [-0.05, 0) is 73.6 Å². The highest BCUT2D eigenvalue weighted by Crippen LogP contribution is 2.33. The Labute approximate surface area is 264 Å². The molecule has 1 amide bonds. The maximum absolute atomic E-state index is 12.7. The van der Waals surface area contributed by atoms with Gasteiger partial charge in [0.1, 0.15) is 12.4 Å². The molecule has 0 spiro atoms. The molecule has 0 radical (unpaired) electrons. The number of carbonyl (C=O) groups is 2. The van der Waals surface area contributed by atoms with Crippen molar-refractivity contribution in [3.05, 3.63) is 105 Å². The van der Waals surface area contributed by atoms with Crippen LogP contribution in [0.2, 0.25) is 0 Å². The van der Waals surface area contributed by atoms with Gasteiger partial charge >= 0.3 is 5.97 Å². The lowest BCUT2D eigenvalue weighted by Crippen LogP contribution is -2.45. The highest BCUT2D eigenvalue weighted by molar-refractivity contribution is 7.80. The van der Waals surface area contributed by atoms with Crippen molar-refractivity contribution < 1.29 is 33.5 Å². The van der Waals surface area contributed by atoms with Crippen molar-refractivity contribution in [3.8, 4) is 17.2 Å². The number of amides is 1. The number of nitro benzene ring substituents is 1. The van der Waals surface area contributed by atoms with Crippen LogP contribution in [-0.4, -0.2) is 48.5 Å². The molecule has 3 N–H and O–H groups in total. The molecule has 0 bridgehead atoms. The average molecular weight is 634 g/mol. The third kappa shape index (κ3) is 8.54. The summed E-state index contributed by atoms with van der Waals surface area (Å²) in [6, 6.07) is 17.5. The average Bonchev–Trinajstić information content (AvgIpc) is 3.03. The van der Waals surface area contributed by atoms with E-state index in [9.17, 15) is 19.7 Å². The fraction of sp³-hybridized carbons (Fsp3) is 0.226. The number of ether oxygens (including phenoxy) is 4. The van der Waals surface area contributed by atoms with E-state index in [1.807, 2.05) is 0 Å². The van der Waals surface area contributed by atoms with E-state index in [1.54, 1.807) is 68.4 Å². The van der Waals surface area contributed by atoms with Crippen molar-refractivity contribution >= 4 is 41.1 Å². The molecule has 1 heterocycles. The van der Waals surface area contributed by atoms with Crippen molar-refractivity contribution in [2.24, 2.45) is 5.10 Å². The zero-order valence-corrected chi connectivity index (χ0v) is 25.5. The lowest BCUT2D eigenvalue weighted by molar-refractivity contribution is -0.384. The summed E-state index contributed by atoms with van der Waals surface area (Å²) in [6.45, 7) is 3.50. The van der Waals surface area contributed by atoms with Gasteiger partial charge in [-0.3, -0.25) is 14.9 Å². The smallest absolute Gasteiger partial charge is 0.338 e. The minimum atomic E-state index is -0.647. The molecule has 13 nitrogen and oxygen atoms in total. The summed E-state index contributed by atoms with van der Waals surface area (Å²) in [5.74, 6) is 0.267. The van der Waals surface area contributed by atoms with E-state index < -0.39 is 22.8 Å². The van der Waals surface area contributed by atoms with Gasteiger partial charge in [0.25, 0.3) is 11.6 Å². The normalized spacial score (nSPS) is 14.3. The summed E-state index contributed by atoms with van der Waals surface area (Å²) in [4.78, 5) is 35.7. The van der Waals surface area contributed by atoms with Gasteiger partial charge in [-0.2, -0.15) is 5.10 Å². The number of nitrogens with one attached hydrogen (secondary N) is 3. The molecule has 3 aromatic rings. The minimum absolute atomic E-state index is 0.000190. The van der Waals surface area contributed by atoms with Crippen molar-refractivity contribution in [2.75, 3.05) is 20.3 Å². The van der Waals surface area contributed by atoms with Crippen LogP contribution in [0, 0.1) is 10.1 Å². The van der Waals surface area contributed by atoms with Crippen LogP contribution in [0.1, 0.15) is 36.6 Å². The Morgan fingerprint density at radius 2 is 1.82 bits per heavy atom. The number of nitro groups is 1. The predicted octanol–water partition coefficient (Wildman–Crippen LogP) is 4.07. The Hall–Kier alpha value is -5.50. The molecule has 234 valence electrons. The van der Waals surface area contributed by atoms with Gasteiger partial charge in [-0.15, -0.1) is 0 Å². The first kappa shape index (κ1) is 32.4. The van der Waals surface area contributed by atoms with Crippen molar-refractivity contribution in [2.45, 2.75) is 26.5 Å². The van der Waals surface area contributed by atoms with E-state index in [1.165, 1.54) is 25.5 Å². The zero-order valence-electron chi connectivity index (χ0n) is 24.7. The van der Waals surface area contributed by atoms with Crippen LogP contribution >= 0.6 is 12.2 Å². The molecule has 14 heteroatoms. The number of carbonyl (C=O) groups excluding carboxylic acids is 2. The Balaban J connectivity index is 1.35. The molecule has 0 aliphatic carbocycles. The highest BCUT2D eigenvalue weighted by atomic mass is 32.1. The van der Waals surface area contributed by atoms with Gasteiger partial charge in [0.15, 0.2) is 23.2 Å². The van der Waals surface area contributed by atoms with Gasteiger partial charge in [0, 0.05) is 23.4 Å². The summed E-state index contributed by atoms with van der Waals surface area (Å²) in [6.07, 6.45) is 1.44. The molecule has 1 aliphatic heterocycles. The van der Waals surface area contributed by atoms with E-state index >= 15 is 0 Å². The number of hydrogen-bond acceptors (Lipinski definition) is 10. The first-order valence-electron chi connectivity index (χ1n) is 13.7. The van der Waals surface area contributed by atoms with Gasteiger partial charge in [0.2, 0.25) is 0 Å². The number of benzene rings is 3. The summed E-state index contributed by atoms with van der Waals surface area (Å²) < 4.78 is 22.3. The number of para-hydroxylation sites is 1. The number of hydrogen-bond donors (Lipinski definition) is 3. The van der Waals surface area contributed by atoms with Gasteiger partial charge < -0.3 is 29.6 Å². The van der Waals surface area contributed by atoms with Crippen LogP contribution in [0.15, 0.2) is 83.1 Å². The largest absolute Gasteiger partial charge is 0.493 e. The Morgan fingerprint density at radius 1 is 1.07 bits per heavy atom. The minimum Gasteiger partial charge on any atom is -0.493 e. The van der Waals surface area contributed by atoms with Gasteiger partial charge in [-0.1, -0.05) is 18.2 Å². The molecule has 1 aliphatic rings. The van der Waals surface area contributed by atoms with Crippen molar-refractivity contribution in [1.82, 2.24) is 16.1 Å². The summed E-state index contributed by atoms with van der Waals surface area (Å²) in [5.41, 5.74) is 5.32. The van der Waals surface area contributed by atoms with Crippen LogP contribution < -0.4 is 30.3 Å². The summed E-state index contributed by atoms with van der Waals surface area (Å²) >= 11 is 5.31. The van der Waals surface area contributed by atoms with E-state index in [-0.39, 0.29) is 25.5 Å². The molecule has 0 saturated heterocycles. The number of non-ortho nitro benzene ring substituents is 1. The maximum Gasteiger partial charge on any atom is 0.338 e. The van der Waals surface area contributed by atoms with Crippen molar-refractivity contribution in [3.63, 3.8) is 0 Å². The van der Waals surface area contributed by atoms with Crippen LogP contribution in [0.4, 0.5) is 5.69 Å². The number of rotatable bonds is 13. The van der Waals surface area contributed by atoms with Crippen LogP contribution in [-0.2, 0) is 20.9 Å². The van der Waals surface area contributed by atoms with E-state index in [0.717, 1.165) is 5.56 Å². The topological polar surface area (TPSA) is 163 Å². The van der Waals surface area contributed by atoms with Gasteiger partial charge in [0.05, 0.1) is 36.5 Å². The van der Waals surface area contributed by atoms with E-state index in [0.29, 0.717) is 44.8 Å². The second kappa shape index (κ2) is 15.3. The standard InChI is InChI=1S/C31H31N5O8S/c1-4-42-30(38)28-19(2)33-31(45)34-29(28)23-7-5-6-8-24(23)44-18-27(37)35-32-16-21-11-14-25(26(15-21)41-3)43-17-20-9-12-22(13-10-20)36(39)40/h5-16,29H,4,17-18H2,1-3H3,(H,35,37)(H2,33,34,45)/t29-/m0/s1. The molecule has 4 rings (SSSR count). The highest BCUT2D eigenvalue weighted by Gasteiger charge is 2.32. The molecule has 3 aromatic carbocycles. The lowest BCUT2D eigenvalue weighted by atomic mass is 9.95. The van der Waals surface area contributed by atoms with Crippen LogP contribution in [0.3, 0.4) is 0 Å².